The molecule has 0 atom stereocenters. The van der Waals surface area contributed by atoms with E-state index in [0.717, 1.165) is 12.8 Å². The van der Waals surface area contributed by atoms with Crippen LogP contribution in [-0.4, -0.2) is 39.4 Å². The van der Waals surface area contributed by atoms with Gasteiger partial charge in [0.25, 0.3) is 0 Å². The summed E-state index contributed by atoms with van der Waals surface area (Å²) in [5, 5.41) is 17.1. The van der Waals surface area contributed by atoms with Gasteiger partial charge in [0.15, 0.2) is 0 Å². The number of aliphatic hydroxyl groups excluding tert-OH is 1. The molecular weight excluding hydrogens is 261 g/mol. The fourth-order valence-electron chi connectivity index (χ4n) is 2.16. The third-order valence-corrected chi connectivity index (χ3v) is 3.35. The summed E-state index contributed by atoms with van der Waals surface area (Å²) in [7, 11) is 0. The molecule has 0 unspecified atom stereocenters. The van der Waals surface area contributed by atoms with Gasteiger partial charge in [-0.2, -0.15) is 0 Å². The molecule has 0 spiro atoms. The van der Waals surface area contributed by atoms with Crippen molar-refractivity contribution in [3.05, 3.63) is 36.0 Å². The molecule has 6 heteroatoms. The average molecular weight is 277 g/mol. The second-order valence-corrected chi connectivity index (χ2v) is 4.93. The Bertz CT molecular complexity index is 566. The summed E-state index contributed by atoms with van der Waals surface area (Å²) >= 11 is 0. The van der Waals surface area contributed by atoms with Gasteiger partial charge < -0.3 is 9.52 Å². The fourth-order valence-corrected chi connectivity index (χ4v) is 2.16. The van der Waals surface area contributed by atoms with Gasteiger partial charge in [-0.25, -0.2) is 4.39 Å². The predicted octanol–water partition coefficient (Wildman–Crippen LogP) is 1.83. The van der Waals surface area contributed by atoms with E-state index in [2.05, 4.69) is 15.1 Å². The number of hydrogen-bond acceptors (Lipinski definition) is 5. The lowest BCUT2D eigenvalue weighted by Crippen LogP contribution is -2.28. The Morgan fingerprint density at radius 2 is 2.00 bits per heavy atom. The second-order valence-electron chi connectivity index (χ2n) is 4.93. The largest absolute Gasteiger partial charge is 0.419 e. The van der Waals surface area contributed by atoms with Gasteiger partial charge in [0.2, 0.25) is 11.8 Å². The molecule has 1 aliphatic rings. The van der Waals surface area contributed by atoms with Crippen LogP contribution in [0.4, 0.5) is 4.39 Å². The van der Waals surface area contributed by atoms with Crippen molar-refractivity contribution in [2.24, 2.45) is 0 Å². The Hall–Kier alpha value is -1.79. The van der Waals surface area contributed by atoms with Gasteiger partial charge in [0.1, 0.15) is 5.82 Å². The van der Waals surface area contributed by atoms with E-state index in [-0.39, 0.29) is 12.4 Å². The number of rotatable bonds is 6. The van der Waals surface area contributed by atoms with E-state index in [4.69, 9.17) is 9.52 Å². The highest BCUT2D eigenvalue weighted by Crippen LogP contribution is 2.28. The van der Waals surface area contributed by atoms with Gasteiger partial charge in [-0.1, -0.05) is 0 Å². The van der Waals surface area contributed by atoms with Crippen molar-refractivity contribution in [2.75, 3.05) is 13.2 Å². The molecular formula is C14H16FN3O2. The van der Waals surface area contributed by atoms with E-state index in [9.17, 15) is 4.39 Å². The van der Waals surface area contributed by atoms with Crippen LogP contribution in [-0.2, 0) is 6.54 Å². The van der Waals surface area contributed by atoms with Gasteiger partial charge in [-0.3, -0.25) is 4.90 Å². The summed E-state index contributed by atoms with van der Waals surface area (Å²) in [6.45, 7) is 1.27. The lowest BCUT2D eigenvalue weighted by molar-refractivity contribution is 0.172. The SMILES string of the molecule is OCCN(Cc1nnc(-c2ccc(F)cc2)o1)C1CC1. The molecule has 0 amide bonds. The van der Waals surface area contributed by atoms with Crippen LogP contribution in [0.1, 0.15) is 18.7 Å². The molecule has 1 aliphatic carbocycles. The third kappa shape index (κ3) is 3.02. The van der Waals surface area contributed by atoms with Gasteiger partial charge in [-0.05, 0) is 37.1 Å². The van der Waals surface area contributed by atoms with E-state index in [1.54, 1.807) is 12.1 Å². The predicted molar refractivity (Wildman–Crippen MR) is 70.2 cm³/mol. The van der Waals surface area contributed by atoms with E-state index in [0.29, 0.717) is 36.5 Å². The Kier molecular flexibility index (Phi) is 3.75. The van der Waals surface area contributed by atoms with E-state index in [1.807, 2.05) is 0 Å². The number of hydrogen-bond donors (Lipinski definition) is 1. The van der Waals surface area contributed by atoms with Crippen LogP contribution in [0.15, 0.2) is 28.7 Å². The first-order chi connectivity index (χ1) is 9.76. The van der Waals surface area contributed by atoms with E-state index >= 15 is 0 Å². The first kappa shape index (κ1) is 13.2. The minimum Gasteiger partial charge on any atom is -0.419 e. The van der Waals surface area contributed by atoms with Crippen LogP contribution in [0, 0.1) is 5.82 Å². The summed E-state index contributed by atoms with van der Waals surface area (Å²) in [6, 6.07) is 6.46. The van der Waals surface area contributed by atoms with Crippen molar-refractivity contribution < 1.29 is 13.9 Å². The van der Waals surface area contributed by atoms with Crippen LogP contribution < -0.4 is 0 Å². The topological polar surface area (TPSA) is 62.4 Å². The van der Waals surface area contributed by atoms with Crippen molar-refractivity contribution in [2.45, 2.75) is 25.4 Å². The minimum atomic E-state index is -0.295. The molecule has 3 rings (SSSR count). The van der Waals surface area contributed by atoms with Crippen molar-refractivity contribution in [3.8, 4) is 11.5 Å². The van der Waals surface area contributed by atoms with Crippen LogP contribution in [0.2, 0.25) is 0 Å². The fraction of sp³-hybridized carbons (Fsp3) is 0.429. The zero-order valence-corrected chi connectivity index (χ0v) is 11.0. The Labute approximate surface area is 116 Å². The maximum atomic E-state index is 12.9. The first-order valence-electron chi connectivity index (χ1n) is 6.69. The summed E-state index contributed by atoms with van der Waals surface area (Å²) in [6.07, 6.45) is 2.30. The molecule has 1 fully saturated rings. The number of benzene rings is 1. The molecule has 1 saturated carbocycles. The molecule has 5 nitrogen and oxygen atoms in total. The smallest absolute Gasteiger partial charge is 0.247 e. The molecule has 0 aliphatic heterocycles. The van der Waals surface area contributed by atoms with E-state index in [1.165, 1.54) is 12.1 Å². The maximum Gasteiger partial charge on any atom is 0.247 e. The molecule has 0 radical (unpaired) electrons. The van der Waals surface area contributed by atoms with Crippen LogP contribution in [0.3, 0.4) is 0 Å². The number of halogens is 1. The third-order valence-electron chi connectivity index (χ3n) is 3.35. The maximum absolute atomic E-state index is 12.9. The molecule has 1 heterocycles. The van der Waals surface area contributed by atoms with Crippen LogP contribution in [0.25, 0.3) is 11.5 Å². The first-order valence-corrected chi connectivity index (χ1v) is 6.69. The quantitative estimate of drug-likeness (QED) is 0.872. The van der Waals surface area contributed by atoms with Crippen molar-refractivity contribution in [1.29, 1.82) is 0 Å². The zero-order valence-electron chi connectivity index (χ0n) is 11.0. The molecule has 20 heavy (non-hydrogen) atoms. The lowest BCUT2D eigenvalue weighted by atomic mass is 10.2. The van der Waals surface area contributed by atoms with Gasteiger partial charge in [0.05, 0.1) is 13.2 Å². The highest BCUT2D eigenvalue weighted by atomic mass is 19.1. The molecule has 1 aromatic heterocycles. The van der Waals surface area contributed by atoms with Gasteiger partial charge in [-0.15, -0.1) is 10.2 Å². The molecule has 1 N–H and O–H groups in total. The second kappa shape index (κ2) is 5.68. The highest BCUT2D eigenvalue weighted by molar-refractivity contribution is 5.51. The summed E-state index contributed by atoms with van der Waals surface area (Å²) < 4.78 is 18.5. The normalized spacial score (nSPS) is 14.9. The van der Waals surface area contributed by atoms with Crippen LogP contribution >= 0.6 is 0 Å². The minimum absolute atomic E-state index is 0.120. The molecule has 106 valence electrons. The Morgan fingerprint density at radius 3 is 2.65 bits per heavy atom. The number of nitrogens with zero attached hydrogens (tertiary/aromatic N) is 3. The average Bonchev–Trinajstić information content (AvgIpc) is 3.20. The highest BCUT2D eigenvalue weighted by Gasteiger charge is 2.29. The van der Waals surface area contributed by atoms with Crippen molar-refractivity contribution in [1.82, 2.24) is 15.1 Å². The summed E-state index contributed by atoms with van der Waals surface area (Å²) in [5.41, 5.74) is 0.699. The standard InChI is InChI=1S/C14H16FN3O2/c15-11-3-1-10(2-4-11)14-17-16-13(20-14)9-18(7-8-19)12-5-6-12/h1-4,12,19H,5-9H2. The molecule has 0 bridgehead atoms. The monoisotopic (exact) mass is 277 g/mol. The zero-order chi connectivity index (χ0) is 13.9. The summed E-state index contributed by atoms with van der Waals surface area (Å²) in [5.74, 6) is 0.612. The van der Waals surface area contributed by atoms with Gasteiger partial charge >= 0.3 is 0 Å². The molecule has 0 saturated heterocycles. The number of aromatic nitrogens is 2. The van der Waals surface area contributed by atoms with Crippen molar-refractivity contribution >= 4 is 0 Å². The molecule has 2 aromatic rings. The molecule has 1 aromatic carbocycles. The summed E-state index contributed by atoms with van der Waals surface area (Å²) in [4.78, 5) is 2.14. The lowest BCUT2D eigenvalue weighted by Gasteiger charge is -2.17. The number of aliphatic hydroxyl groups is 1. The Balaban J connectivity index is 1.71. The van der Waals surface area contributed by atoms with E-state index < -0.39 is 0 Å². The van der Waals surface area contributed by atoms with Gasteiger partial charge in [0, 0.05) is 18.2 Å². The Morgan fingerprint density at radius 1 is 1.25 bits per heavy atom. The van der Waals surface area contributed by atoms with Crippen LogP contribution in [0.5, 0.6) is 0 Å². The van der Waals surface area contributed by atoms with Crippen molar-refractivity contribution in [3.63, 3.8) is 0 Å².